The van der Waals surface area contributed by atoms with Gasteiger partial charge in [0, 0.05) is 75.5 Å². The van der Waals surface area contributed by atoms with Crippen LogP contribution in [0, 0.1) is 0 Å². The number of nitrogens with one attached hydrogen (secondary N) is 2. The molecule has 3 aliphatic rings. The number of hydrogen-bond donors (Lipinski definition) is 2. The van der Waals surface area contributed by atoms with Crippen molar-refractivity contribution in [3.05, 3.63) is 60.0 Å². The normalized spacial score (nSPS) is 17.9. The van der Waals surface area contributed by atoms with Crippen LogP contribution in [0.4, 0.5) is 47.7 Å². The predicted octanol–water partition coefficient (Wildman–Crippen LogP) is 6.25. The molecule has 2 N–H and O–H groups in total. The van der Waals surface area contributed by atoms with Gasteiger partial charge in [0.1, 0.15) is 16.2 Å². The predicted molar refractivity (Wildman–Crippen MR) is 201 cm³/mol. The lowest BCUT2D eigenvalue weighted by Gasteiger charge is -2.43. The molecule has 4 heterocycles. The summed E-state index contributed by atoms with van der Waals surface area (Å²) in [6.07, 6.45) is 5.14. The first-order chi connectivity index (χ1) is 25.3. The molecule has 0 atom stereocenters. The van der Waals surface area contributed by atoms with Gasteiger partial charge in [0.25, 0.3) is 0 Å². The molecule has 0 bridgehead atoms. The summed E-state index contributed by atoms with van der Waals surface area (Å²) in [4.78, 5) is 24.4. The number of anilines is 6. The summed E-state index contributed by atoms with van der Waals surface area (Å²) in [6.45, 7) is 9.33. The molecule has 2 aromatic carbocycles. The van der Waals surface area contributed by atoms with Crippen molar-refractivity contribution in [1.29, 1.82) is 0 Å². The molecular formula is C35H40ClF3N10O3S. The number of rotatable bonds is 11. The van der Waals surface area contributed by atoms with Crippen LogP contribution in [0.1, 0.15) is 31.2 Å². The number of nitrogens with zero attached hydrogens (tertiary/aromatic N) is 8. The highest BCUT2D eigenvalue weighted by molar-refractivity contribution is 7.92. The molecule has 13 nitrogen and oxygen atoms in total. The van der Waals surface area contributed by atoms with Crippen LogP contribution in [0.2, 0.25) is 5.02 Å². The molecule has 4 aromatic rings. The number of sulfonamides is 1. The number of fused-ring (bicyclic) bond motifs is 1. The van der Waals surface area contributed by atoms with E-state index in [9.17, 15) is 21.6 Å². The average molecular weight is 773 g/mol. The quantitative estimate of drug-likeness (QED) is 0.179. The van der Waals surface area contributed by atoms with Gasteiger partial charge in [0.15, 0.2) is 11.6 Å². The van der Waals surface area contributed by atoms with E-state index in [4.69, 9.17) is 11.6 Å². The van der Waals surface area contributed by atoms with Crippen LogP contribution in [0.5, 0.6) is 5.75 Å². The van der Waals surface area contributed by atoms with Crippen LogP contribution in [0.15, 0.2) is 49.4 Å². The second-order valence-electron chi connectivity index (χ2n) is 13.5. The minimum absolute atomic E-state index is 0.0415. The highest BCUT2D eigenvalue weighted by Gasteiger charge is 2.38. The third-order valence-corrected chi connectivity index (χ3v) is 11.2. The largest absolute Gasteiger partial charge is 0.573 e. The Balaban J connectivity index is 1.18. The molecule has 282 valence electrons. The van der Waals surface area contributed by atoms with Crippen molar-refractivity contribution in [3.8, 4) is 5.75 Å². The van der Waals surface area contributed by atoms with Gasteiger partial charge in [-0.25, -0.2) is 13.4 Å². The third-order valence-electron chi connectivity index (χ3n) is 9.75. The van der Waals surface area contributed by atoms with Crippen molar-refractivity contribution in [2.75, 3.05) is 72.4 Å². The number of piperazine rings is 1. The van der Waals surface area contributed by atoms with E-state index in [0.717, 1.165) is 45.3 Å². The topological polar surface area (TPSA) is 132 Å². The molecule has 7 rings (SSSR count). The van der Waals surface area contributed by atoms with E-state index in [-0.39, 0.29) is 34.2 Å². The monoisotopic (exact) mass is 772 g/mol. The summed E-state index contributed by atoms with van der Waals surface area (Å²) < 4.78 is 73.4. The number of piperidine rings is 1. The molecular weight excluding hydrogens is 733 g/mol. The van der Waals surface area contributed by atoms with Crippen LogP contribution in [-0.2, 0) is 10.0 Å². The van der Waals surface area contributed by atoms with Crippen molar-refractivity contribution in [2.45, 2.75) is 44.1 Å². The Morgan fingerprint density at radius 3 is 2.36 bits per heavy atom. The van der Waals surface area contributed by atoms with E-state index in [1.807, 2.05) is 0 Å². The minimum Gasteiger partial charge on any atom is -0.403 e. The summed E-state index contributed by atoms with van der Waals surface area (Å²) >= 11 is 6.53. The second-order valence-corrected chi connectivity index (χ2v) is 15.8. The number of benzene rings is 2. The van der Waals surface area contributed by atoms with Gasteiger partial charge < -0.3 is 25.2 Å². The molecule has 2 saturated heterocycles. The van der Waals surface area contributed by atoms with Gasteiger partial charge in [0.05, 0.1) is 29.3 Å². The first-order valence-electron chi connectivity index (χ1n) is 17.3. The fourth-order valence-corrected chi connectivity index (χ4v) is 8.43. The van der Waals surface area contributed by atoms with E-state index in [0.29, 0.717) is 59.9 Å². The van der Waals surface area contributed by atoms with Crippen LogP contribution < -0.4 is 24.6 Å². The lowest BCUT2D eigenvalue weighted by Crippen LogP contribution is -2.52. The Morgan fingerprint density at radius 1 is 0.981 bits per heavy atom. The molecule has 1 aliphatic carbocycles. The number of alkyl halides is 3. The zero-order valence-corrected chi connectivity index (χ0v) is 30.8. The maximum atomic E-state index is 13.8. The molecule has 0 radical (unpaired) electrons. The minimum atomic E-state index is -4.98. The smallest absolute Gasteiger partial charge is 0.403 e. The zero-order valence-electron chi connectivity index (χ0n) is 29.3. The Hall–Kier alpha value is -4.45. The van der Waals surface area contributed by atoms with E-state index >= 15 is 0 Å². The van der Waals surface area contributed by atoms with Gasteiger partial charge in [-0.2, -0.15) is 4.98 Å². The maximum absolute atomic E-state index is 13.8. The first-order valence-corrected chi connectivity index (χ1v) is 19.5. The Bertz CT molecular complexity index is 2110. The lowest BCUT2D eigenvalue weighted by molar-refractivity contribution is -0.274. The second kappa shape index (κ2) is 14.8. The summed E-state index contributed by atoms with van der Waals surface area (Å²) in [7, 11) is -1.62. The number of aromatic nitrogens is 4. The average Bonchev–Trinajstić information content (AvgIpc) is 3.95. The Labute approximate surface area is 310 Å². The molecule has 2 aromatic heterocycles. The van der Waals surface area contributed by atoms with Crippen LogP contribution in [-0.4, -0.2) is 109 Å². The van der Waals surface area contributed by atoms with Crippen molar-refractivity contribution < 1.29 is 26.3 Å². The first kappa shape index (κ1) is 36.9. The molecule has 0 amide bonds. The van der Waals surface area contributed by atoms with Crippen molar-refractivity contribution in [3.63, 3.8) is 0 Å². The van der Waals surface area contributed by atoms with Crippen molar-refractivity contribution >= 4 is 73.2 Å². The third kappa shape index (κ3) is 8.37. The SMILES string of the molecule is C=Cc1cc(Nc2ncc(Cl)c(Nc3ccc4nccnc4c3N(C3CC3)S(C)(=O)=O)n2)c(OC(F)(F)F)cc1N1CCC(N2CCN(C)CC2)CC1. The summed E-state index contributed by atoms with van der Waals surface area (Å²) in [5, 5.41) is 6.07. The highest BCUT2D eigenvalue weighted by atomic mass is 35.5. The molecule has 1 saturated carbocycles. The maximum Gasteiger partial charge on any atom is 0.573 e. The molecule has 0 spiro atoms. The van der Waals surface area contributed by atoms with Crippen molar-refractivity contribution in [2.24, 2.45) is 0 Å². The summed E-state index contributed by atoms with van der Waals surface area (Å²) in [5.74, 6) is -0.486. The molecule has 0 unspecified atom stereocenters. The van der Waals surface area contributed by atoms with E-state index < -0.39 is 22.1 Å². The van der Waals surface area contributed by atoms with Gasteiger partial charge in [-0.3, -0.25) is 19.2 Å². The Morgan fingerprint density at radius 2 is 1.70 bits per heavy atom. The fraction of sp³-hybridized carbons (Fsp3) is 0.429. The summed E-state index contributed by atoms with van der Waals surface area (Å²) in [6, 6.07) is 6.40. The molecule has 3 fully saturated rings. The molecule has 18 heteroatoms. The molecule has 53 heavy (non-hydrogen) atoms. The number of halogens is 4. The summed E-state index contributed by atoms with van der Waals surface area (Å²) in [5.41, 5.74) is 2.60. The van der Waals surface area contributed by atoms with Gasteiger partial charge in [-0.15, -0.1) is 13.2 Å². The Kier molecular flexibility index (Phi) is 10.3. The van der Waals surface area contributed by atoms with Gasteiger partial charge in [-0.1, -0.05) is 24.3 Å². The zero-order chi connectivity index (χ0) is 37.5. The van der Waals surface area contributed by atoms with Crippen LogP contribution >= 0.6 is 11.6 Å². The van der Waals surface area contributed by atoms with E-state index in [1.54, 1.807) is 18.2 Å². The van der Waals surface area contributed by atoms with Crippen LogP contribution in [0.25, 0.3) is 17.1 Å². The highest BCUT2D eigenvalue weighted by Crippen LogP contribution is 2.43. The van der Waals surface area contributed by atoms with Gasteiger partial charge in [0.2, 0.25) is 16.0 Å². The van der Waals surface area contributed by atoms with Gasteiger partial charge in [-0.05, 0) is 56.5 Å². The van der Waals surface area contributed by atoms with E-state index in [2.05, 4.69) is 63.6 Å². The standard InChI is InChI=1S/C35H40ClF3N10O3S/c1-4-22-19-28(30(52-35(37,38)39)20-29(22)48-13-9-23(10-14-48)47-17-15-46(2)16-18-47)44-34-42-21-25(36)33(45-34)43-27-8-7-26-31(41-12-11-40-26)32(27)49(24-5-6-24)53(3,50)51/h4,7-8,11-12,19-21,23-24H,1,5-6,9-10,13-18H2,2-3H3,(H2,42,43,44,45). The van der Waals surface area contributed by atoms with Crippen LogP contribution in [0.3, 0.4) is 0 Å². The molecule has 2 aliphatic heterocycles. The van der Waals surface area contributed by atoms with Gasteiger partial charge >= 0.3 is 6.36 Å². The van der Waals surface area contributed by atoms with Crippen molar-refractivity contribution in [1.82, 2.24) is 29.7 Å². The fourth-order valence-electron chi connectivity index (χ4n) is 7.03. The number of ether oxygens (including phenoxy) is 1. The number of likely N-dealkylation sites (N-methyl/N-ethyl adjacent to an activating group) is 1. The van der Waals surface area contributed by atoms with E-state index in [1.165, 1.54) is 35.0 Å². The lowest BCUT2D eigenvalue weighted by atomic mass is 10.00. The number of hydrogen-bond acceptors (Lipinski definition) is 12.